The molecule has 2 aliphatic heterocycles. The molecular weight excluding hydrogens is 314 g/mol. The van der Waals surface area contributed by atoms with E-state index in [0.29, 0.717) is 19.7 Å². The molecule has 2 N–H and O–H groups in total. The molecule has 1 saturated heterocycles. The molecule has 1 aromatic heterocycles. The molecule has 2 atom stereocenters. The first-order valence-electron chi connectivity index (χ1n) is 8.04. The number of aromatic nitrogens is 1. The second-order valence-electron chi connectivity index (χ2n) is 6.68. The van der Waals surface area contributed by atoms with Crippen molar-refractivity contribution in [2.24, 2.45) is 0 Å². The van der Waals surface area contributed by atoms with Crippen LogP contribution in [0.15, 0.2) is 11.0 Å². The highest BCUT2D eigenvalue weighted by atomic mass is 16.5. The molecule has 8 heteroatoms. The van der Waals surface area contributed by atoms with Gasteiger partial charge >= 0.3 is 0 Å². The van der Waals surface area contributed by atoms with E-state index in [1.54, 1.807) is 12.0 Å². The Balaban J connectivity index is 2.12. The summed E-state index contributed by atoms with van der Waals surface area (Å²) in [5.41, 5.74) is -1.59. The average molecular weight is 337 g/mol. The van der Waals surface area contributed by atoms with Gasteiger partial charge in [-0.3, -0.25) is 14.5 Å². The third-order valence-corrected chi connectivity index (χ3v) is 5.15. The number of carbonyl (C=O) groups excluding carboxylic acids is 1. The summed E-state index contributed by atoms with van der Waals surface area (Å²) in [7, 11) is 1.63. The minimum atomic E-state index is -0.917. The Morgan fingerprint density at radius 3 is 2.75 bits per heavy atom. The lowest BCUT2D eigenvalue weighted by atomic mass is 9.94. The number of amides is 1. The van der Waals surface area contributed by atoms with Gasteiger partial charge in [0.1, 0.15) is 5.66 Å². The quantitative estimate of drug-likeness (QED) is 0.816. The Morgan fingerprint density at radius 2 is 2.08 bits per heavy atom. The summed E-state index contributed by atoms with van der Waals surface area (Å²) in [6, 6.07) is -0.0154. The van der Waals surface area contributed by atoms with Gasteiger partial charge in [-0.1, -0.05) is 0 Å². The molecule has 0 aliphatic carbocycles. The largest absolute Gasteiger partial charge is 0.503 e. The molecule has 0 spiro atoms. The lowest BCUT2D eigenvalue weighted by Gasteiger charge is -2.57. The molecule has 0 bridgehead atoms. The van der Waals surface area contributed by atoms with Crippen molar-refractivity contribution in [2.45, 2.75) is 38.5 Å². The topological polar surface area (TPSA) is 95.2 Å². The molecule has 1 aromatic rings. The van der Waals surface area contributed by atoms with Crippen molar-refractivity contribution in [3.63, 3.8) is 0 Å². The van der Waals surface area contributed by atoms with Gasteiger partial charge in [-0.2, -0.15) is 0 Å². The molecule has 1 amide bonds. The number of fused-ring (bicyclic) bond motifs is 2. The summed E-state index contributed by atoms with van der Waals surface area (Å²) in [6.07, 6.45) is 2.03. The van der Waals surface area contributed by atoms with E-state index >= 15 is 0 Å². The second kappa shape index (κ2) is 5.78. The highest BCUT2D eigenvalue weighted by Crippen LogP contribution is 2.38. The highest BCUT2D eigenvalue weighted by molar-refractivity contribution is 5.96. The van der Waals surface area contributed by atoms with E-state index in [1.807, 2.05) is 13.8 Å². The lowest BCUT2D eigenvalue weighted by Crippen LogP contribution is -2.71. The van der Waals surface area contributed by atoms with Crippen molar-refractivity contribution in [1.29, 1.82) is 0 Å². The van der Waals surface area contributed by atoms with Gasteiger partial charge in [0.05, 0.1) is 19.3 Å². The molecule has 24 heavy (non-hydrogen) atoms. The predicted octanol–water partition coefficient (Wildman–Crippen LogP) is 0.172. The number of ether oxygens (including phenoxy) is 1. The van der Waals surface area contributed by atoms with Crippen LogP contribution >= 0.6 is 0 Å². The first-order valence-corrected chi connectivity index (χ1v) is 8.04. The Labute approximate surface area is 139 Å². The maximum atomic E-state index is 13.0. The first kappa shape index (κ1) is 16.8. The van der Waals surface area contributed by atoms with E-state index in [4.69, 9.17) is 4.74 Å². The normalized spacial score (nSPS) is 27.0. The number of aromatic hydroxyl groups is 2. The predicted molar refractivity (Wildman–Crippen MR) is 86.1 cm³/mol. The Hall–Kier alpha value is -2.06. The van der Waals surface area contributed by atoms with Crippen molar-refractivity contribution in [3.8, 4) is 11.5 Å². The van der Waals surface area contributed by atoms with Crippen molar-refractivity contribution in [2.75, 3.05) is 26.8 Å². The van der Waals surface area contributed by atoms with Crippen molar-refractivity contribution < 1.29 is 19.7 Å². The molecule has 3 rings (SSSR count). The smallest absolute Gasteiger partial charge is 0.276 e. The van der Waals surface area contributed by atoms with E-state index in [0.717, 1.165) is 13.0 Å². The number of hydrogen-bond donors (Lipinski definition) is 2. The van der Waals surface area contributed by atoms with E-state index < -0.39 is 28.5 Å². The third-order valence-electron chi connectivity index (χ3n) is 5.15. The average Bonchev–Trinajstić information content (AvgIpc) is 2.51. The van der Waals surface area contributed by atoms with Gasteiger partial charge in [-0.05, 0) is 20.3 Å². The van der Waals surface area contributed by atoms with Crippen LogP contribution < -0.4 is 5.43 Å². The lowest BCUT2D eigenvalue weighted by molar-refractivity contribution is -0.104. The molecule has 1 fully saturated rings. The van der Waals surface area contributed by atoms with Crippen LogP contribution in [0.4, 0.5) is 0 Å². The van der Waals surface area contributed by atoms with E-state index in [-0.39, 0.29) is 11.7 Å². The first-order chi connectivity index (χ1) is 11.3. The minimum Gasteiger partial charge on any atom is -0.503 e. The van der Waals surface area contributed by atoms with Crippen molar-refractivity contribution in [3.05, 3.63) is 22.1 Å². The Kier molecular flexibility index (Phi) is 4.05. The molecule has 0 aromatic carbocycles. The zero-order valence-corrected chi connectivity index (χ0v) is 14.2. The zero-order valence-electron chi connectivity index (χ0n) is 14.2. The summed E-state index contributed by atoms with van der Waals surface area (Å²) < 4.78 is 6.65. The number of nitrogens with zero attached hydrogens (tertiary/aromatic N) is 3. The van der Waals surface area contributed by atoms with Gasteiger partial charge in [0.2, 0.25) is 0 Å². The van der Waals surface area contributed by atoms with E-state index in [9.17, 15) is 19.8 Å². The van der Waals surface area contributed by atoms with Crippen LogP contribution in [0.1, 0.15) is 30.8 Å². The van der Waals surface area contributed by atoms with Crippen LogP contribution in [-0.2, 0) is 11.3 Å². The third kappa shape index (κ3) is 2.29. The maximum Gasteiger partial charge on any atom is 0.276 e. The summed E-state index contributed by atoms with van der Waals surface area (Å²) in [5, 5.41) is 19.8. The molecule has 8 nitrogen and oxygen atoms in total. The molecular formula is C16H23N3O5. The van der Waals surface area contributed by atoms with Crippen LogP contribution in [0.5, 0.6) is 11.5 Å². The fourth-order valence-corrected chi connectivity index (χ4v) is 3.91. The number of methoxy groups -OCH3 is 1. The van der Waals surface area contributed by atoms with Gasteiger partial charge in [0, 0.05) is 26.2 Å². The maximum absolute atomic E-state index is 13.0. The number of rotatable bonds is 3. The van der Waals surface area contributed by atoms with E-state index in [2.05, 4.69) is 4.90 Å². The van der Waals surface area contributed by atoms with E-state index in [1.165, 1.54) is 10.8 Å². The summed E-state index contributed by atoms with van der Waals surface area (Å²) in [6.45, 7) is 6.30. The fraction of sp³-hybridized carbons (Fsp3) is 0.625. The standard InChI is InChI=1S/C16H23N3O5/c1-10-4-5-18(6-7-24-3)16(2)9-17-8-11(20)13(21)14(22)12(17)15(23)19(10)16/h8,10,20,22H,4-7,9H2,1-3H3/t10-,16-/m0/s1. The molecule has 132 valence electrons. The van der Waals surface area contributed by atoms with Gasteiger partial charge < -0.3 is 24.4 Å². The number of pyridine rings is 1. The van der Waals surface area contributed by atoms with Gasteiger partial charge in [-0.15, -0.1) is 0 Å². The molecule has 0 saturated carbocycles. The second-order valence-corrected chi connectivity index (χ2v) is 6.68. The van der Waals surface area contributed by atoms with Crippen molar-refractivity contribution in [1.82, 2.24) is 14.4 Å². The Bertz CT molecular complexity index is 729. The van der Waals surface area contributed by atoms with Gasteiger partial charge in [0.15, 0.2) is 17.2 Å². The zero-order chi connectivity index (χ0) is 17.6. The van der Waals surface area contributed by atoms with Gasteiger partial charge in [-0.25, -0.2) is 0 Å². The summed E-state index contributed by atoms with van der Waals surface area (Å²) in [5.74, 6) is -1.65. The molecule has 0 radical (unpaired) electrons. The van der Waals surface area contributed by atoms with Crippen LogP contribution in [0.25, 0.3) is 0 Å². The Morgan fingerprint density at radius 1 is 1.38 bits per heavy atom. The van der Waals surface area contributed by atoms with Crippen LogP contribution in [0.2, 0.25) is 0 Å². The van der Waals surface area contributed by atoms with Crippen molar-refractivity contribution >= 4 is 5.91 Å². The SMILES string of the molecule is COCCN1CC[C@H](C)N2C(=O)c3c(O)c(=O)c(O)cn3C[C@@]12C. The monoisotopic (exact) mass is 337 g/mol. The van der Waals surface area contributed by atoms with Crippen LogP contribution in [0.3, 0.4) is 0 Å². The summed E-state index contributed by atoms with van der Waals surface area (Å²) in [4.78, 5) is 28.7. The summed E-state index contributed by atoms with van der Waals surface area (Å²) >= 11 is 0. The van der Waals surface area contributed by atoms with Gasteiger partial charge in [0.25, 0.3) is 11.3 Å². The molecule has 3 heterocycles. The molecule has 2 aliphatic rings. The van der Waals surface area contributed by atoms with Crippen LogP contribution in [-0.4, -0.2) is 69.0 Å². The number of carbonyl (C=O) groups is 1. The van der Waals surface area contributed by atoms with Crippen LogP contribution in [0, 0.1) is 0 Å². The number of hydrogen-bond acceptors (Lipinski definition) is 6. The molecule has 0 unspecified atom stereocenters. The minimum absolute atomic E-state index is 0.0154. The fourth-order valence-electron chi connectivity index (χ4n) is 3.91. The highest BCUT2D eigenvalue weighted by Gasteiger charge is 2.51.